The summed E-state index contributed by atoms with van der Waals surface area (Å²) in [5, 5.41) is 42.2. The second kappa shape index (κ2) is 11.2. The van der Waals surface area contributed by atoms with Gasteiger partial charge in [-0.05, 0) is 79.4 Å². The Hall–Kier alpha value is -3.51. The number of rotatable bonds is 7. The fourth-order valence-corrected chi connectivity index (χ4v) is 6.47. The highest BCUT2D eigenvalue weighted by atomic mass is 35.5. The third-order valence-corrected chi connectivity index (χ3v) is 8.31. The Balaban J connectivity index is 1.41. The molecule has 0 bridgehead atoms. The van der Waals surface area contributed by atoms with Crippen LogP contribution in [0.15, 0.2) is 59.2 Å². The Morgan fingerprint density at radius 1 is 1.23 bits per heavy atom. The van der Waals surface area contributed by atoms with Crippen LogP contribution in [-0.2, 0) is 14.2 Å². The maximum atomic E-state index is 13.7. The zero-order valence-corrected chi connectivity index (χ0v) is 22.5. The number of non-ortho nitro benzene ring substituents is 1. The lowest BCUT2D eigenvalue weighted by atomic mass is 9.58. The van der Waals surface area contributed by atoms with Crippen molar-refractivity contribution in [3.8, 4) is 5.75 Å². The summed E-state index contributed by atoms with van der Waals surface area (Å²) in [5.74, 6) is -2.91. The van der Waals surface area contributed by atoms with Crippen LogP contribution in [0.3, 0.4) is 0 Å². The predicted molar refractivity (Wildman–Crippen MR) is 148 cm³/mol. The average Bonchev–Trinajstić information content (AvgIpc) is 3.17. The first-order valence-corrected chi connectivity index (χ1v) is 13.4. The van der Waals surface area contributed by atoms with Gasteiger partial charge >= 0.3 is 7.12 Å². The quantitative estimate of drug-likeness (QED) is 0.149. The molecule has 3 aliphatic rings. The minimum atomic E-state index is -1.16. The second-order valence-corrected chi connectivity index (χ2v) is 10.9. The van der Waals surface area contributed by atoms with Crippen molar-refractivity contribution in [2.75, 3.05) is 11.5 Å². The minimum absolute atomic E-state index is 0.0681. The van der Waals surface area contributed by atoms with Crippen molar-refractivity contribution in [3.63, 3.8) is 0 Å². The van der Waals surface area contributed by atoms with Gasteiger partial charge in [0.25, 0.3) is 5.69 Å². The molecule has 0 radical (unpaired) electrons. The molecule has 4 atom stereocenters. The maximum absolute atomic E-state index is 13.7. The maximum Gasteiger partial charge on any atom is 0.455 e. The first-order valence-electron chi connectivity index (χ1n) is 13.0. The lowest BCUT2D eigenvalue weighted by Crippen LogP contribution is -2.46. The molecular weight excluding hydrogens is 539 g/mol. The van der Waals surface area contributed by atoms with Gasteiger partial charge in [0, 0.05) is 12.1 Å². The molecule has 5 rings (SSSR count). The lowest BCUT2D eigenvalue weighted by Gasteiger charge is -2.42. The van der Waals surface area contributed by atoms with E-state index in [1.54, 1.807) is 12.1 Å². The van der Waals surface area contributed by atoms with E-state index in [0.29, 0.717) is 23.4 Å². The number of nitrogens with zero attached hydrogens (tertiary/aromatic N) is 2. The molecule has 0 saturated carbocycles. The molecule has 1 aliphatic carbocycles. The summed E-state index contributed by atoms with van der Waals surface area (Å²) in [6.07, 6.45) is 2.59. The Labute approximate surface area is 235 Å². The molecule has 0 aromatic heterocycles. The number of halogens is 1. The number of hydrogen-bond donors (Lipinski definition) is 3. The highest BCUT2D eigenvalue weighted by Gasteiger charge is 2.57. The Bertz CT molecular complexity index is 1440. The number of hydrogen-bond acceptors (Lipinski definition) is 8. The molecule has 2 aromatic carbocycles. The standard InChI is InChI=1S/C28H28BClN2O8/c1-15(9-16-6-7-20(34)12-23(16)30)5-8-24-25-17(14-33)10-21-26(22(25)13-29(37)40-24)28(36)31(27(21)35)18-3-2-4-19(11-18)32(38)39/h2-4,6-7,9,11-12,21-22,24,26,33-34,37H,5,8,10,13-14H2,1H3/b15-9+/t21-,22+,24-,26-/m1/s1. The summed E-state index contributed by atoms with van der Waals surface area (Å²) in [6.45, 7) is 1.61. The first kappa shape index (κ1) is 28.0. The number of anilines is 1. The summed E-state index contributed by atoms with van der Waals surface area (Å²) >= 11 is 6.23. The molecule has 2 saturated heterocycles. The number of aromatic hydroxyl groups is 1. The summed E-state index contributed by atoms with van der Waals surface area (Å²) in [4.78, 5) is 38.9. The topological polar surface area (TPSA) is 150 Å². The highest BCUT2D eigenvalue weighted by Crippen LogP contribution is 2.51. The number of aliphatic hydroxyl groups excluding tert-OH is 1. The number of carbonyl (C=O) groups excluding carboxylic acids is 2. The SMILES string of the molecule is C/C(=C\c1ccc(O)cc1Cl)CC[C@H]1OB(O)C[C@H]2C1=C(CO)C[C@H]1C(=O)N(c3cccc([N+](=O)[O-])c3)C(=O)[C@H]12. The molecule has 2 aliphatic heterocycles. The zero-order valence-electron chi connectivity index (χ0n) is 21.7. The number of phenols is 1. The van der Waals surface area contributed by atoms with Crippen molar-refractivity contribution in [1.82, 2.24) is 0 Å². The van der Waals surface area contributed by atoms with Gasteiger partial charge in [0.2, 0.25) is 11.8 Å². The molecule has 0 spiro atoms. The number of phenolic OH excluding ortho intramolecular Hbond substituents is 1. The molecule has 2 fully saturated rings. The fraction of sp³-hybridized carbons (Fsp3) is 0.357. The van der Waals surface area contributed by atoms with Crippen LogP contribution < -0.4 is 4.90 Å². The molecule has 10 nitrogen and oxygen atoms in total. The second-order valence-electron chi connectivity index (χ2n) is 10.5. The summed E-state index contributed by atoms with van der Waals surface area (Å²) in [6, 6.07) is 10.1. The normalized spacial score (nSPS) is 24.9. The molecule has 2 heterocycles. The monoisotopic (exact) mass is 566 g/mol. The number of aliphatic hydroxyl groups is 1. The number of nitro groups is 1. The summed E-state index contributed by atoms with van der Waals surface area (Å²) < 4.78 is 5.91. The number of allylic oxidation sites excluding steroid dienone is 1. The van der Waals surface area contributed by atoms with Gasteiger partial charge in [0.15, 0.2) is 0 Å². The van der Waals surface area contributed by atoms with Gasteiger partial charge in [-0.3, -0.25) is 19.7 Å². The van der Waals surface area contributed by atoms with Crippen LogP contribution in [0.25, 0.3) is 6.08 Å². The van der Waals surface area contributed by atoms with Crippen LogP contribution in [0.5, 0.6) is 5.75 Å². The Kier molecular flexibility index (Phi) is 7.83. The first-order chi connectivity index (χ1) is 19.1. The van der Waals surface area contributed by atoms with Crippen molar-refractivity contribution < 1.29 is 34.4 Å². The van der Waals surface area contributed by atoms with Crippen molar-refractivity contribution in [3.05, 3.63) is 79.9 Å². The van der Waals surface area contributed by atoms with E-state index in [2.05, 4.69) is 0 Å². The molecular formula is C28H28BClN2O8. The lowest BCUT2D eigenvalue weighted by molar-refractivity contribution is -0.384. The largest absolute Gasteiger partial charge is 0.508 e. The number of nitro benzene ring substituents is 1. The van der Waals surface area contributed by atoms with Crippen molar-refractivity contribution >= 4 is 48.0 Å². The van der Waals surface area contributed by atoms with E-state index in [1.807, 2.05) is 13.0 Å². The molecule has 0 unspecified atom stereocenters. The van der Waals surface area contributed by atoms with E-state index in [0.717, 1.165) is 21.6 Å². The van der Waals surface area contributed by atoms with Crippen LogP contribution in [0.1, 0.15) is 31.7 Å². The van der Waals surface area contributed by atoms with Crippen molar-refractivity contribution in [2.24, 2.45) is 17.8 Å². The van der Waals surface area contributed by atoms with Crippen LogP contribution in [0, 0.1) is 27.9 Å². The van der Waals surface area contributed by atoms with Gasteiger partial charge in [0.05, 0.1) is 40.2 Å². The minimum Gasteiger partial charge on any atom is -0.508 e. The molecule has 2 amide bonds. The molecule has 3 N–H and O–H groups in total. The molecule has 2 aromatic rings. The van der Waals surface area contributed by atoms with Crippen molar-refractivity contribution in [2.45, 2.75) is 38.6 Å². The smallest absolute Gasteiger partial charge is 0.455 e. The number of benzene rings is 2. The van der Waals surface area contributed by atoms with E-state index in [9.17, 15) is 34.9 Å². The number of carbonyl (C=O) groups is 2. The third-order valence-electron chi connectivity index (χ3n) is 7.98. The van der Waals surface area contributed by atoms with E-state index < -0.39 is 47.7 Å². The van der Waals surface area contributed by atoms with Gasteiger partial charge in [-0.1, -0.05) is 29.3 Å². The van der Waals surface area contributed by atoms with E-state index in [4.69, 9.17) is 16.3 Å². The molecule has 12 heteroatoms. The van der Waals surface area contributed by atoms with E-state index in [1.165, 1.54) is 30.3 Å². The van der Waals surface area contributed by atoms with Crippen LogP contribution in [0.4, 0.5) is 11.4 Å². The number of fused-ring (bicyclic) bond motifs is 3. The van der Waals surface area contributed by atoms with Gasteiger partial charge in [-0.25, -0.2) is 4.90 Å². The summed E-state index contributed by atoms with van der Waals surface area (Å²) in [5.41, 5.74) is 2.97. The molecule has 208 valence electrons. The fourth-order valence-electron chi connectivity index (χ4n) is 6.24. The van der Waals surface area contributed by atoms with Gasteiger partial charge in [-0.2, -0.15) is 0 Å². The average molecular weight is 567 g/mol. The predicted octanol–water partition coefficient (Wildman–Crippen LogP) is 4.13. The Morgan fingerprint density at radius 2 is 2.00 bits per heavy atom. The highest BCUT2D eigenvalue weighted by molar-refractivity contribution is 6.43. The van der Waals surface area contributed by atoms with Crippen molar-refractivity contribution in [1.29, 1.82) is 0 Å². The van der Waals surface area contributed by atoms with Crippen LogP contribution in [0.2, 0.25) is 11.3 Å². The third kappa shape index (κ3) is 5.17. The number of amides is 2. The van der Waals surface area contributed by atoms with Gasteiger partial charge in [-0.15, -0.1) is 0 Å². The van der Waals surface area contributed by atoms with Gasteiger partial charge < -0.3 is 19.9 Å². The van der Waals surface area contributed by atoms with Gasteiger partial charge in [0.1, 0.15) is 5.75 Å². The van der Waals surface area contributed by atoms with Crippen LogP contribution >= 0.6 is 11.6 Å². The van der Waals surface area contributed by atoms with E-state index in [-0.39, 0.29) is 36.5 Å². The summed E-state index contributed by atoms with van der Waals surface area (Å²) in [7, 11) is -1.16. The number of imide groups is 1. The zero-order chi connectivity index (χ0) is 28.7. The molecule has 40 heavy (non-hydrogen) atoms. The van der Waals surface area contributed by atoms with Crippen LogP contribution in [-0.4, -0.2) is 51.8 Å². The Morgan fingerprint density at radius 3 is 2.70 bits per heavy atom. The van der Waals surface area contributed by atoms with E-state index >= 15 is 0 Å².